The fourth-order valence-electron chi connectivity index (χ4n) is 4.27. The maximum atomic E-state index is 11.1. The van der Waals surface area contributed by atoms with E-state index in [0.717, 1.165) is 11.1 Å². The highest BCUT2D eigenvalue weighted by Crippen LogP contribution is 2.50. The molecule has 2 aliphatic rings. The Morgan fingerprint density at radius 3 is 1.36 bits per heavy atom. The lowest BCUT2D eigenvalue weighted by Gasteiger charge is -2.47. The SMILES string of the molecule is CC(C)(C)C1=CC=CC(C)(CC2(C)C=CC=C(C(C)(C)C)C2O)C1O. The molecule has 0 aromatic heterocycles. The molecule has 2 rings (SSSR count). The summed E-state index contributed by atoms with van der Waals surface area (Å²) in [6.45, 7) is 17.0. The van der Waals surface area contributed by atoms with E-state index in [-0.39, 0.29) is 10.8 Å². The van der Waals surface area contributed by atoms with E-state index in [1.54, 1.807) is 0 Å². The van der Waals surface area contributed by atoms with Gasteiger partial charge >= 0.3 is 0 Å². The lowest BCUT2D eigenvalue weighted by molar-refractivity contribution is 0.0110. The van der Waals surface area contributed by atoms with Crippen molar-refractivity contribution in [2.45, 2.75) is 74.0 Å². The van der Waals surface area contributed by atoms with E-state index in [4.69, 9.17) is 0 Å². The summed E-state index contributed by atoms with van der Waals surface area (Å²) in [6, 6.07) is 0. The molecular weight excluding hydrogens is 308 g/mol. The summed E-state index contributed by atoms with van der Waals surface area (Å²) in [4.78, 5) is 0. The van der Waals surface area contributed by atoms with Gasteiger partial charge in [0, 0.05) is 10.8 Å². The number of hydrogen-bond donors (Lipinski definition) is 2. The molecular formula is C23H36O2. The van der Waals surface area contributed by atoms with Gasteiger partial charge in [-0.3, -0.25) is 0 Å². The van der Waals surface area contributed by atoms with Crippen molar-refractivity contribution in [3.63, 3.8) is 0 Å². The summed E-state index contributed by atoms with van der Waals surface area (Å²) in [5.41, 5.74) is 1.15. The third kappa shape index (κ3) is 3.85. The molecule has 140 valence electrons. The normalized spacial score (nSPS) is 36.2. The van der Waals surface area contributed by atoms with Gasteiger partial charge in [-0.05, 0) is 28.4 Å². The highest BCUT2D eigenvalue weighted by Gasteiger charge is 2.47. The maximum Gasteiger partial charge on any atom is 0.0846 e. The molecule has 0 aromatic rings. The van der Waals surface area contributed by atoms with Gasteiger partial charge in [0.05, 0.1) is 12.2 Å². The fraction of sp³-hybridized carbons (Fsp3) is 0.652. The van der Waals surface area contributed by atoms with Gasteiger partial charge in [-0.2, -0.15) is 0 Å². The van der Waals surface area contributed by atoms with Crippen molar-refractivity contribution in [2.75, 3.05) is 0 Å². The summed E-state index contributed by atoms with van der Waals surface area (Å²) < 4.78 is 0. The molecule has 2 aliphatic carbocycles. The van der Waals surface area contributed by atoms with Crippen molar-refractivity contribution in [2.24, 2.45) is 21.7 Å². The molecule has 0 bridgehead atoms. The van der Waals surface area contributed by atoms with Crippen molar-refractivity contribution in [3.8, 4) is 0 Å². The Bertz CT molecular complexity index is 580. The Balaban J connectivity index is 2.33. The highest BCUT2D eigenvalue weighted by atomic mass is 16.3. The minimum Gasteiger partial charge on any atom is -0.388 e. The number of rotatable bonds is 2. The Morgan fingerprint density at radius 2 is 1.08 bits per heavy atom. The summed E-state index contributed by atoms with van der Waals surface area (Å²) in [7, 11) is 0. The second-order valence-corrected chi connectivity index (χ2v) is 10.5. The van der Waals surface area contributed by atoms with Crippen molar-refractivity contribution < 1.29 is 10.2 Å². The molecule has 0 amide bonds. The molecule has 2 nitrogen and oxygen atoms in total. The summed E-state index contributed by atoms with van der Waals surface area (Å²) in [5, 5.41) is 22.3. The van der Waals surface area contributed by atoms with Crippen LogP contribution in [0.3, 0.4) is 0 Å². The quantitative estimate of drug-likeness (QED) is 0.723. The van der Waals surface area contributed by atoms with Gasteiger partial charge < -0.3 is 10.2 Å². The van der Waals surface area contributed by atoms with E-state index in [9.17, 15) is 10.2 Å². The highest BCUT2D eigenvalue weighted by molar-refractivity contribution is 5.35. The van der Waals surface area contributed by atoms with Crippen LogP contribution in [0.5, 0.6) is 0 Å². The molecule has 2 N–H and O–H groups in total. The average Bonchev–Trinajstić information content (AvgIpc) is 2.42. The molecule has 4 atom stereocenters. The van der Waals surface area contributed by atoms with E-state index in [1.165, 1.54) is 0 Å². The zero-order chi connectivity index (χ0) is 19.3. The van der Waals surface area contributed by atoms with Crippen molar-refractivity contribution >= 4 is 0 Å². The van der Waals surface area contributed by atoms with E-state index < -0.39 is 23.0 Å². The smallest absolute Gasteiger partial charge is 0.0846 e. The Morgan fingerprint density at radius 1 is 0.760 bits per heavy atom. The molecule has 4 unspecified atom stereocenters. The number of aliphatic hydroxyl groups excluding tert-OH is 2. The zero-order valence-corrected chi connectivity index (χ0v) is 17.2. The van der Waals surface area contributed by atoms with Gasteiger partial charge in [-0.25, -0.2) is 0 Å². The van der Waals surface area contributed by atoms with Crippen LogP contribution in [0.2, 0.25) is 0 Å². The van der Waals surface area contributed by atoms with Crippen LogP contribution in [0.4, 0.5) is 0 Å². The van der Waals surface area contributed by atoms with Gasteiger partial charge in [-0.1, -0.05) is 91.8 Å². The molecule has 0 saturated heterocycles. The molecule has 0 fully saturated rings. The molecule has 25 heavy (non-hydrogen) atoms. The third-order valence-electron chi connectivity index (χ3n) is 5.84. The first-order valence-electron chi connectivity index (χ1n) is 9.37. The minimum absolute atomic E-state index is 0.0795. The molecule has 2 heteroatoms. The van der Waals surface area contributed by atoms with Crippen molar-refractivity contribution in [1.29, 1.82) is 0 Å². The number of hydrogen-bond acceptors (Lipinski definition) is 2. The van der Waals surface area contributed by atoms with Gasteiger partial charge in [0.1, 0.15) is 0 Å². The monoisotopic (exact) mass is 344 g/mol. The molecule has 0 radical (unpaired) electrons. The van der Waals surface area contributed by atoms with Crippen LogP contribution in [0.25, 0.3) is 0 Å². The fourth-order valence-corrected chi connectivity index (χ4v) is 4.27. The van der Waals surface area contributed by atoms with E-state index in [0.29, 0.717) is 6.42 Å². The first-order valence-corrected chi connectivity index (χ1v) is 9.37. The average molecular weight is 345 g/mol. The number of allylic oxidation sites excluding steroid dienone is 4. The third-order valence-corrected chi connectivity index (χ3v) is 5.84. The van der Waals surface area contributed by atoms with E-state index in [1.807, 2.05) is 12.2 Å². The van der Waals surface area contributed by atoms with Gasteiger partial charge in [-0.15, -0.1) is 0 Å². The maximum absolute atomic E-state index is 11.1. The topological polar surface area (TPSA) is 40.5 Å². The first-order chi connectivity index (χ1) is 11.2. The van der Waals surface area contributed by atoms with Crippen LogP contribution >= 0.6 is 0 Å². The van der Waals surface area contributed by atoms with Gasteiger partial charge in [0.25, 0.3) is 0 Å². The Kier molecular flexibility index (Phi) is 5.04. The van der Waals surface area contributed by atoms with Crippen LogP contribution in [-0.2, 0) is 0 Å². The van der Waals surface area contributed by atoms with Crippen molar-refractivity contribution in [3.05, 3.63) is 47.6 Å². The van der Waals surface area contributed by atoms with Crippen LogP contribution in [0, 0.1) is 21.7 Å². The molecule has 0 saturated carbocycles. The second kappa shape index (κ2) is 6.25. The zero-order valence-electron chi connectivity index (χ0n) is 17.2. The van der Waals surface area contributed by atoms with Crippen molar-refractivity contribution in [1.82, 2.24) is 0 Å². The molecule has 0 aromatic carbocycles. The standard InChI is InChI=1S/C23H36O2/c1-20(2,3)16-11-9-13-22(7,18(16)24)15-23(8)14-10-12-17(19(23)25)21(4,5)6/h9-14,18-19,24-25H,15H2,1-8H3. The number of aliphatic hydroxyl groups is 2. The molecule has 0 aliphatic heterocycles. The lowest BCUT2D eigenvalue weighted by atomic mass is 9.59. The first kappa shape index (κ1) is 20.2. The lowest BCUT2D eigenvalue weighted by Crippen LogP contribution is -2.46. The second-order valence-electron chi connectivity index (χ2n) is 10.5. The summed E-state index contributed by atoms with van der Waals surface area (Å²) in [5.74, 6) is 0. The van der Waals surface area contributed by atoms with Gasteiger partial charge in [0.2, 0.25) is 0 Å². The van der Waals surface area contributed by atoms with Crippen LogP contribution in [-0.4, -0.2) is 22.4 Å². The largest absolute Gasteiger partial charge is 0.388 e. The molecule has 0 heterocycles. The molecule has 0 spiro atoms. The van der Waals surface area contributed by atoms with Crippen LogP contribution in [0.1, 0.15) is 61.8 Å². The van der Waals surface area contributed by atoms with E-state index >= 15 is 0 Å². The summed E-state index contributed by atoms with van der Waals surface area (Å²) in [6.07, 6.45) is 12.0. The summed E-state index contributed by atoms with van der Waals surface area (Å²) >= 11 is 0. The minimum atomic E-state index is -0.543. The van der Waals surface area contributed by atoms with Crippen LogP contribution < -0.4 is 0 Å². The van der Waals surface area contributed by atoms with E-state index in [2.05, 4.69) is 79.7 Å². The van der Waals surface area contributed by atoms with Crippen LogP contribution in [0.15, 0.2) is 47.6 Å². The predicted molar refractivity (Wildman–Crippen MR) is 106 cm³/mol. The predicted octanol–water partition coefficient (Wildman–Crippen LogP) is 5.20. The Labute approximate surface area is 154 Å². The van der Waals surface area contributed by atoms with Gasteiger partial charge in [0.15, 0.2) is 0 Å². The Hall–Kier alpha value is -1.12.